The van der Waals surface area contributed by atoms with Gasteiger partial charge in [0.05, 0.1) is 0 Å². The molecular weight excluding hydrogens is 242 g/mol. The first-order chi connectivity index (χ1) is 0. The predicted octanol–water partition coefficient (Wildman–Crippen LogP) is -1.55. The van der Waals surface area contributed by atoms with Gasteiger partial charge in [0.1, 0.15) is 0 Å². The van der Waals surface area contributed by atoms with Gasteiger partial charge in [-0.3, -0.25) is 0 Å². The summed E-state index contributed by atoms with van der Waals surface area (Å²) in [5, 5.41) is 0. The van der Waals surface area contributed by atoms with E-state index in [-0.39, 0.29) is 47.7 Å². The molecule has 32 valence electrons. The van der Waals surface area contributed by atoms with Gasteiger partial charge < -0.3 is 21.9 Å². The minimum Gasteiger partial charge on any atom is -2.00 e. The summed E-state index contributed by atoms with van der Waals surface area (Å²) >= 11 is 0. The number of hydrogen-bond donors (Lipinski definition) is 0. The largest absolute Gasteiger partial charge is 4.00 e. The average molecular weight is 247 g/mol. The fourth-order valence-electron chi connectivity index (χ4n) is 0. The molecule has 0 aromatic carbocycles. The van der Waals surface area contributed by atoms with Crippen LogP contribution in [-0.2, 0) is 47.7 Å². The normalized spacial score (nSPS) is 0. The van der Waals surface area contributed by atoms with Gasteiger partial charge in [-0.15, -0.1) is 0 Å². The molecule has 0 saturated carbocycles. The summed E-state index contributed by atoms with van der Waals surface area (Å²) in [6.07, 6.45) is 0. The molecule has 0 spiro atoms. The van der Waals surface area contributed by atoms with Gasteiger partial charge in [-0.2, -0.15) is 0 Å². The van der Waals surface area contributed by atoms with Crippen LogP contribution in [0.4, 0.5) is 0 Å². The average Bonchev–Trinajstić information content (AvgIpc) is 0. The van der Waals surface area contributed by atoms with Crippen molar-refractivity contribution in [2.24, 2.45) is 0 Å². The van der Waals surface area contributed by atoms with Crippen LogP contribution in [0.25, 0.3) is 0 Å². The summed E-state index contributed by atoms with van der Waals surface area (Å²) in [4.78, 5) is 0. The van der Waals surface area contributed by atoms with Crippen molar-refractivity contribution < 1.29 is 47.7 Å². The third kappa shape index (κ3) is 68.6. The monoisotopic (exact) mass is 248 g/mol. The van der Waals surface area contributed by atoms with Gasteiger partial charge in [-0.25, -0.2) is 0 Å². The molecular formula is H4HfO4. The Morgan fingerprint density at radius 1 is 0.600 bits per heavy atom. The van der Waals surface area contributed by atoms with Crippen molar-refractivity contribution in [3.05, 3.63) is 0 Å². The van der Waals surface area contributed by atoms with Crippen LogP contribution in [0.3, 0.4) is 0 Å². The van der Waals surface area contributed by atoms with E-state index in [1.165, 1.54) is 0 Å². The van der Waals surface area contributed by atoms with Gasteiger partial charge in [0.15, 0.2) is 0 Å². The molecule has 5 heavy (non-hydrogen) atoms. The first-order valence-corrected chi connectivity index (χ1v) is 0. The molecule has 5 heteroatoms. The Morgan fingerprint density at radius 2 is 0.600 bits per heavy atom. The summed E-state index contributed by atoms with van der Waals surface area (Å²) in [6.45, 7) is 0. The maximum Gasteiger partial charge on any atom is 4.00 e. The molecule has 0 bridgehead atoms. The summed E-state index contributed by atoms with van der Waals surface area (Å²) < 4.78 is 0. The molecule has 0 aromatic rings. The van der Waals surface area contributed by atoms with Crippen LogP contribution in [0.2, 0.25) is 0 Å². The van der Waals surface area contributed by atoms with Crippen molar-refractivity contribution in [2.75, 3.05) is 0 Å². The maximum atomic E-state index is 0. The number of hydrogen-bond acceptors (Lipinski definition) is 0. The molecule has 4 N–H and O–H groups in total. The Labute approximate surface area is 48.2 Å². The van der Waals surface area contributed by atoms with Crippen LogP contribution in [0.5, 0.6) is 0 Å². The third-order valence-electron chi connectivity index (χ3n) is 0. The second-order valence-corrected chi connectivity index (χ2v) is 0. The molecule has 0 fully saturated rings. The summed E-state index contributed by atoms with van der Waals surface area (Å²) in [6, 6.07) is 0. The molecule has 0 aliphatic rings. The summed E-state index contributed by atoms with van der Waals surface area (Å²) in [7, 11) is 0. The molecule has 0 unspecified atom stereocenters. The quantitative estimate of drug-likeness (QED) is 0.460. The molecule has 0 rings (SSSR count). The van der Waals surface area contributed by atoms with Crippen molar-refractivity contribution in [1.29, 1.82) is 0 Å². The fraction of sp³-hybridized carbons (Fsp3) is 0. The number of rotatable bonds is 0. The summed E-state index contributed by atoms with van der Waals surface area (Å²) in [5.74, 6) is 0. The van der Waals surface area contributed by atoms with Crippen LogP contribution in [0.15, 0.2) is 0 Å². The molecule has 0 aromatic heterocycles. The first kappa shape index (κ1) is 251. The van der Waals surface area contributed by atoms with Crippen LogP contribution in [-0.4, -0.2) is 0 Å². The Bertz CT molecular complexity index is 3.61. The maximum absolute atomic E-state index is 0. The molecule has 0 heterocycles. The molecule has 0 aliphatic carbocycles. The molecule has 0 aliphatic heterocycles. The van der Waals surface area contributed by atoms with Crippen molar-refractivity contribution in [1.82, 2.24) is 0 Å². The van der Waals surface area contributed by atoms with Gasteiger partial charge in [0.2, 0.25) is 0 Å². The Hall–Kier alpha value is 0.710. The summed E-state index contributed by atoms with van der Waals surface area (Å²) in [5.41, 5.74) is 0. The van der Waals surface area contributed by atoms with E-state index in [9.17, 15) is 0 Å². The predicted molar refractivity (Wildman–Crippen MR) is 8.33 cm³/mol. The molecule has 0 saturated heterocycles. The minimum atomic E-state index is 0. The van der Waals surface area contributed by atoms with E-state index >= 15 is 0 Å². The van der Waals surface area contributed by atoms with E-state index < -0.39 is 0 Å². The van der Waals surface area contributed by atoms with Crippen molar-refractivity contribution >= 4 is 0 Å². The smallest absolute Gasteiger partial charge is 2.00 e. The molecule has 0 radical (unpaired) electrons. The van der Waals surface area contributed by atoms with E-state index in [1.54, 1.807) is 0 Å². The second kappa shape index (κ2) is 129. The second-order valence-electron chi connectivity index (χ2n) is 0. The van der Waals surface area contributed by atoms with Gasteiger partial charge >= 0.3 is 25.8 Å². The topological polar surface area (TPSA) is 120 Å². The van der Waals surface area contributed by atoms with E-state index in [0.29, 0.717) is 0 Å². The van der Waals surface area contributed by atoms with Crippen LogP contribution >= 0.6 is 0 Å². The van der Waals surface area contributed by atoms with E-state index in [2.05, 4.69) is 0 Å². The van der Waals surface area contributed by atoms with Crippen molar-refractivity contribution in [3.63, 3.8) is 0 Å². The van der Waals surface area contributed by atoms with E-state index in [0.717, 1.165) is 0 Å². The zero-order valence-electron chi connectivity index (χ0n) is 2.43. The van der Waals surface area contributed by atoms with Gasteiger partial charge in [-0.1, -0.05) is 0 Å². The molecule has 0 atom stereocenters. The Kier molecular flexibility index (Phi) is 6460. The first-order valence-electron chi connectivity index (χ1n) is 0. The SMILES string of the molecule is [Hf+4].[O-2].[O-2].[O-2].[OH4+2]. The van der Waals surface area contributed by atoms with Gasteiger partial charge in [-0.05, 0) is 0 Å². The van der Waals surface area contributed by atoms with E-state index in [1.807, 2.05) is 0 Å². The Balaban J connectivity index is 0. The molecule has 0 amide bonds. The standard InChI is InChI=1S/Hf.H4O.3O/h;1H4;;;/q+4;+2;3*-2. The van der Waals surface area contributed by atoms with Crippen LogP contribution in [0.1, 0.15) is 0 Å². The van der Waals surface area contributed by atoms with Crippen LogP contribution in [0, 0.1) is 0 Å². The van der Waals surface area contributed by atoms with Gasteiger partial charge in [0.25, 0.3) is 0 Å². The Morgan fingerprint density at radius 3 is 0.600 bits per heavy atom. The van der Waals surface area contributed by atoms with Gasteiger partial charge in [0, 0.05) is 0 Å². The zero-order chi connectivity index (χ0) is 0. The fourth-order valence-corrected chi connectivity index (χ4v) is 0. The van der Waals surface area contributed by atoms with Crippen molar-refractivity contribution in [3.8, 4) is 0 Å². The third-order valence-corrected chi connectivity index (χ3v) is 0. The van der Waals surface area contributed by atoms with E-state index in [4.69, 9.17) is 0 Å². The van der Waals surface area contributed by atoms with Crippen molar-refractivity contribution in [2.45, 2.75) is 0 Å². The molecule has 4 nitrogen and oxygen atoms in total. The zero-order valence-corrected chi connectivity index (χ0v) is 6.02. The minimum absolute atomic E-state index is 0. The van der Waals surface area contributed by atoms with Crippen LogP contribution < -0.4 is 0 Å².